The van der Waals surface area contributed by atoms with Crippen LogP contribution in [0.1, 0.15) is 48.0 Å². The Balaban J connectivity index is 2.14. The normalized spacial score (nSPS) is 10.3. The smallest absolute Gasteiger partial charge is 0.293 e. The second kappa shape index (κ2) is 8.70. The number of rotatable bonds is 8. The van der Waals surface area contributed by atoms with Crippen LogP contribution in [0.15, 0.2) is 24.3 Å². The zero-order valence-electron chi connectivity index (χ0n) is 11.0. The van der Waals surface area contributed by atoms with Gasteiger partial charge in [-0.25, -0.2) is 4.79 Å². The number of hydrogen-bond acceptors (Lipinski definition) is 3. The summed E-state index contributed by atoms with van der Waals surface area (Å²) in [6.07, 6.45) is 5.25. The molecule has 0 aliphatic heterocycles. The summed E-state index contributed by atoms with van der Waals surface area (Å²) < 4.78 is 0. The number of benzene rings is 1. The van der Waals surface area contributed by atoms with Crippen molar-refractivity contribution >= 4 is 5.97 Å². The van der Waals surface area contributed by atoms with Gasteiger partial charge in [0.1, 0.15) is 0 Å². The van der Waals surface area contributed by atoms with E-state index in [1.807, 2.05) is 19.1 Å². The summed E-state index contributed by atoms with van der Waals surface area (Å²) in [7, 11) is 0. The molecule has 0 saturated heterocycles. The molecule has 0 amide bonds. The molecule has 0 aromatic heterocycles. The third-order valence-electron chi connectivity index (χ3n) is 2.62. The second-order valence-corrected chi connectivity index (χ2v) is 4.33. The topological polar surface area (TPSA) is 35.5 Å². The van der Waals surface area contributed by atoms with Gasteiger partial charge >= 0.3 is 5.97 Å². The highest BCUT2D eigenvalue weighted by atomic mass is 17.2. The summed E-state index contributed by atoms with van der Waals surface area (Å²) in [4.78, 5) is 21.2. The molecule has 3 nitrogen and oxygen atoms in total. The van der Waals surface area contributed by atoms with Gasteiger partial charge in [-0.2, -0.15) is 4.89 Å². The van der Waals surface area contributed by atoms with Gasteiger partial charge in [0.05, 0.1) is 12.2 Å². The molecule has 18 heavy (non-hydrogen) atoms. The van der Waals surface area contributed by atoms with Crippen LogP contribution in [-0.2, 0) is 9.78 Å². The lowest BCUT2D eigenvalue weighted by Crippen LogP contribution is -2.07. The highest BCUT2D eigenvalue weighted by Crippen LogP contribution is 2.07. The third-order valence-corrected chi connectivity index (χ3v) is 2.62. The van der Waals surface area contributed by atoms with Crippen molar-refractivity contribution in [1.82, 2.24) is 0 Å². The summed E-state index contributed by atoms with van der Waals surface area (Å²) in [5.74, 6) is -0.434. The van der Waals surface area contributed by atoms with Gasteiger partial charge in [-0.15, -0.1) is 0 Å². The maximum atomic E-state index is 11.6. The maximum Gasteiger partial charge on any atom is 0.373 e. The zero-order chi connectivity index (χ0) is 13.2. The summed E-state index contributed by atoms with van der Waals surface area (Å²) in [6, 6.07) is 7.25. The minimum atomic E-state index is -0.434. The molecule has 99 valence electrons. The lowest BCUT2D eigenvalue weighted by Gasteiger charge is -2.04. The van der Waals surface area contributed by atoms with Crippen LogP contribution in [0.4, 0.5) is 0 Å². The molecule has 0 heterocycles. The lowest BCUT2D eigenvalue weighted by atomic mass is 10.1. The van der Waals surface area contributed by atoms with E-state index in [0.29, 0.717) is 12.2 Å². The Morgan fingerprint density at radius 3 is 2.72 bits per heavy atom. The van der Waals surface area contributed by atoms with E-state index in [-0.39, 0.29) is 0 Å². The molecule has 0 atom stereocenters. The van der Waals surface area contributed by atoms with Crippen molar-refractivity contribution in [3.8, 4) is 0 Å². The fourth-order valence-corrected chi connectivity index (χ4v) is 1.61. The molecule has 1 aromatic carbocycles. The Morgan fingerprint density at radius 2 is 2.00 bits per heavy atom. The van der Waals surface area contributed by atoms with Crippen LogP contribution in [-0.4, -0.2) is 12.6 Å². The molecule has 0 saturated carbocycles. The molecule has 1 aromatic rings. The SMILES string of the molecule is [CH2]CCCCCCOOC(=O)c1cccc(C)c1. The zero-order valence-corrected chi connectivity index (χ0v) is 11.0. The molecular weight excluding hydrogens is 228 g/mol. The van der Waals surface area contributed by atoms with E-state index in [1.165, 1.54) is 0 Å². The van der Waals surface area contributed by atoms with Crippen LogP contribution >= 0.6 is 0 Å². The minimum Gasteiger partial charge on any atom is -0.293 e. The number of carbonyl (C=O) groups is 1. The van der Waals surface area contributed by atoms with Crippen molar-refractivity contribution in [2.24, 2.45) is 0 Å². The van der Waals surface area contributed by atoms with Crippen LogP contribution in [0.2, 0.25) is 0 Å². The number of hydrogen-bond donors (Lipinski definition) is 0. The number of carbonyl (C=O) groups excluding carboxylic acids is 1. The molecule has 0 aliphatic carbocycles. The van der Waals surface area contributed by atoms with Crippen molar-refractivity contribution < 1.29 is 14.6 Å². The summed E-state index contributed by atoms with van der Waals surface area (Å²) in [6.45, 7) is 6.17. The highest BCUT2D eigenvalue weighted by Gasteiger charge is 2.07. The first-order valence-corrected chi connectivity index (χ1v) is 6.43. The van der Waals surface area contributed by atoms with E-state index in [2.05, 4.69) is 6.92 Å². The summed E-state index contributed by atoms with van der Waals surface area (Å²) >= 11 is 0. The first-order chi connectivity index (χ1) is 8.74. The van der Waals surface area contributed by atoms with E-state index in [4.69, 9.17) is 9.78 Å². The Hall–Kier alpha value is -1.35. The molecule has 3 heteroatoms. The van der Waals surface area contributed by atoms with Crippen molar-refractivity contribution in [1.29, 1.82) is 0 Å². The van der Waals surface area contributed by atoms with Crippen LogP contribution in [0.5, 0.6) is 0 Å². The fourth-order valence-electron chi connectivity index (χ4n) is 1.61. The standard InChI is InChI=1S/C15H21O3/c1-3-4-5-6-7-11-17-18-15(16)14-10-8-9-13(2)12-14/h8-10,12H,1,3-7,11H2,2H3. The predicted octanol–water partition coefficient (Wildman–Crippen LogP) is 3.87. The summed E-state index contributed by atoms with van der Waals surface area (Å²) in [5.41, 5.74) is 1.55. The van der Waals surface area contributed by atoms with Crippen LogP contribution in [0, 0.1) is 13.8 Å². The average molecular weight is 249 g/mol. The van der Waals surface area contributed by atoms with Crippen molar-refractivity contribution in [3.05, 3.63) is 42.3 Å². The molecular formula is C15H21O3. The van der Waals surface area contributed by atoms with E-state index in [0.717, 1.165) is 37.7 Å². The van der Waals surface area contributed by atoms with Gasteiger partial charge in [0.15, 0.2) is 0 Å². The van der Waals surface area contributed by atoms with E-state index in [9.17, 15) is 4.79 Å². The molecule has 0 unspecified atom stereocenters. The Kier molecular flexibility index (Phi) is 7.11. The fraction of sp³-hybridized carbons (Fsp3) is 0.467. The van der Waals surface area contributed by atoms with Gasteiger partial charge in [-0.1, -0.05) is 50.3 Å². The Labute approximate surface area is 109 Å². The van der Waals surface area contributed by atoms with Gasteiger partial charge < -0.3 is 0 Å². The van der Waals surface area contributed by atoms with Crippen molar-refractivity contribution in [2.45, 2.75) is 39.0 Å². The van der Waals surface area contributed by atoms with E-state index < -0.39 is 5.97 Å². The molecule has 1 radical (unpaired) electrons. The first kappa shape index (κ1) is 14.7. The van der Waals surface area contributed by atoms with Crippen LogP contribution < -0.4 is 0 Å². The minimum absolute atomic E-state index is 0.434. The predicted molar refractivity (Wildman–Crippen MR) is 71.0 cm³/mol. The average Bonchev–Trinajstić information content (AvgIpc) is 2.37. The molecule has 0 fully saturated rings. The van der Waals surface area contributed by atoms with E-state index >= 15 is 0 Å². The molecule has 0 bridgehead atoms. The van der Waals surface area contributed by atoms with Gasteiger partial charge in [-0.05, 0) is 25.5 Å². The lowest BCUT2D eigenvalue weighted by molar-refractivity contribution is -0.241. The molecule has 1 rings (SSSR count). The van der Waals surface area contributed by atoms with Crippen molar-refractivity contribution in [3.63, 3.8) is 0 Å². The highest BCUT2D eigenvalue weighted by molar-refractivity contribution is 5.89. The van der Waals surface area contributed by atoms with Gasteiger partial charge in [0, 0.05) is 0 Å². The Morgan fingerprint density at radius 1 is 1.22 bits per heavy atom. The largest absolute Gasteiger partial charge is 0.373 e. The number of aryl methyl sites for hydroxylation is 1. The molecule has 0 spiro atoms. The van der Waals surface area contributed by atoms with Gasteiger partial charge in [0.2, 0.25) is 0 Å². The van der Waals surface area contributed by atoms with Crippen LogP contribution in [0.25, 0.3) is 0 Å². The molecule has 0 N–H and O–H groups in total. The van der Waals surface area contributed by atoms with Crippen LogP contribution in [0.3, 0.4) is 0 Å². The Bertz CT molecular complexity index is 361. The second-order valence-electron chi connectivity index (χ2n) is 4.33. The maximum absolute atomic E-state index is 11.6. The quantitative estimate of drug-likeness (QED) is 0.398. The monoisotopic (exact) mass is 249 g/mol. The van der Waals surface area contributed by atoms with E-state index in [1.54, 1.807) is 12.1 Å². The van der Waals surface area contributed by atoms with Gasteiger partial charge in [0.25, 0.3) is 0 Å². The summed E-state index contributed by atoms with van der Waals surface area (Å²) in [5, 5.41) is 0. The molecule has 0 aliphatic rings. The van der Waals surface area contributed by atoms with Crippen molar-refractivity contribution in [2.75, 3.05) is 6.61 Å². The first-order valence-electron chi connectivity index (χ1n) is 6.43. The third kappa shape index (κ3) is 5.82. The van der Waals surface area contributed by atoms with Gasteiger partial charge in [-0.3, -0.25) is 4.89 Å². The number of unbranched alkanes of at least 4 members (excludes halogenated alkanes) is 4.